The number of rotatable bonds is 6. The molecule has 0 aliphatic carbocycles. The number of phenolic OH excluding ortho intramolecular Hbond substituents is 2. The van der Waals surface area contributed by atoms with Gasteiger partial charge < -0.3 is 15.1 Å². The van der Waals surface area contributed by atoms with Crippen molar-refractivity contribution in [1.82, 2.24) is 4.90 Å². The van der Waals surface area contributed by atoms with Crippen LogP contribution in [0.3, 0.4) is 0 Å². The van der Waals surface area contributed by atoms with Crippen LogP contribution >= 0.6 is 0 Å². The number of carbonyl (C=O) groups is 1. The van der Waals surface area contributed by atoms with E-state index >= 15 is 0 Å². The summed E-state index contributed by atoms with van der Waals surface area (Å²) in [6, 6.07) is 12.7. The third kappa shape index (κ3) is 4.38. The molecule has 0 radical (unpaired) electrons. The van der Waals surface area contributed by atoms with Crippen LogP contribution in [0.1, 0.15) is 34.8 Å². The predicted molar refractivity (Wildman–Crippen MR) is 96.2 cm³/mol. The lowest BCUT2D eigenvalue weighted by molar-refractivity contribution is 0.0773. The highest BCUT2D eigenvalue weighted by Crippen LogP contribution is 2.28. The lowest BCUT2D eigenvalue weighted by Crippen LogP contribution is -2.31. The Morgan fingerprint density at radius 1 is 1.12 bits per heavy atom. The second-order valence-corrected chi connectivity index (χ2v) is 5.70. The van der Waals surface area contributed by atoms with E-state index < -0.39 is 0 Å². The minimum absolute atomic E-state index is 0.0744. The van der Waals surface area contributed by atoms with Gasteiger partial charge in [-0.2, -0.15) is 0 Å². The van der Waals surface area contributed by atoms with Gasteiger partial charge in [0.1, 0.15) is 11.5 Å². The normalized spacial score (nSPS) is 10.9. The average Bonchev–Trinajstić information content (AvgIpc) is 2.59. The number of aromatic hydroxyl groups is 2. The van der Waals surface area contributed by atoms with E-state index in [0.29, 0.717) is 18.7 Å². The van der Waals surface area contributed by atoms with E-state index in [2.05, 4.69) is 0 Å². The molecular formula is C20H23NO3. The summed E-state index contributed by atoms with van der Waals surface area (Å²) < 4.78 is 0. The van der Waals surface area contributed by atoms with Gasteiger partial charge in [-0.05, 0) is 31.0 Å². The molecule has 0 heterocycles. The summed E-state index contributed by atoms with van der Waals surface area (Å²) in [6.07, 6.45) is 4.74. The summed E-state index contributed by atoms with van der Waals surface area (Å²) >= 11 is 0. The monoisotopic (exact) mass is 325 g/mol. The molecule has 2 aromatic rings. The fourth-order valence-electron chi connectivity index (χ4n) is 2.42. The number of amides is 1. The van der Waals surface area contributed by atoms with Crippen LogP contribution in [0, 0.1) is 6.92 Å². The predicted octanol–water partition coefficient (Wildman–Crippen LogP) is 3.97. The first kappa shape index (κ1) is 17.6. The molecule has 4 heteroatoms. The largest absolute Gasteiger partial charge is 0.508 e. The maximum absolute atomic E-state index is 12.7. The van der Waals surface area contributed by atoms with Crippen molar-refractivity contribution in [2.24, 2.45) is 0 Å². The number of nitrogens with zero attached hydrogens (tertiary/aromatic N) is 1. The van der Waals surface area contributed by atoms with E-state index in [1.54, 1.807) is 11.8 Å². The first-order chi connectivity index (χ1) is 11.5. The van der Waals surface area contributed by atoms with Gasteiger partial charge >= 0.3 is 0 Å². The minimum atomic E-state index is -0.208. The third-order valence-electron chi connectivity index (χ3n) is 3.82. The quantitative estimate of drug-likeness (QED) is 0.845. The van der Waals surface area contributed by atoms with E-state index in [1.807, 2.05) is 49.4 Å². The van der Waals surface area contributed by atoms with Crippen LogP contribution in [0.15, 0.2) is 48.5 Å². The Labute approximate surface area is 142 Å². The molecular weight excluding hydrogens is 302 g/mol. The molecule has 2 rings (SSSR count). The maximum Gasteiger partial charge on any atom is 0.254 e. The Morgan fingerprint density at radius 2 is 1.75 bits per heavy atom. The van der Waals surface area contributed by atoms with E-state index in [4.69, 9.17) is 0 Å². The van der Waals surface area contributed by atoms with Crippen LogP contribution in [0.5, 0.6) is 11.5 Å². The Balaban J connectivity index is 2.14. The van der Waals surface area contributed by atoms with Gasteiger partial charge in [-0.15, -0.1) is 0 Å². The van der Waals surface area contributed by atoms with Crippen LogP contribution in [-0.4, -0.2) is 34.1 Å². The van der Waals surface area contributed by atoms with Crippen molar-refractivity contribution in [2.75, 3.05) is 13.1 Å². The molecule has 0 unspecified atom stereocenters. The maximum atomic E-state index is 12.7. The Hall–Kier alpha value is -2.75. The van der Waals surface area contributed by atoms with Crippen molar-refractivity contribution in [3.63, 3.8) is 0 Å². The number of hydrogen-bond acceptors (Lipinski definition) is 3. The van der Waals surface area contributed by atoms with Gasteiger partial charge in [0, 0.05) is 24.2 Å². The van der Waals surface area contributed by atoms with Crippen molar-refractivity contribution in [1.29, 1.82) is 0 Å². The van der Waals surface area contributed by atoms with Crippen molar-refractivity contribution in [3.8, 4) is 11.5 Å². The second kappa shape index (κ2) is 8.20. The fourth-order valence-corrected chi connectivity index (χ4v) is 2.42. The van der Waals surface area contributed by atoms with E-state index in [0.717, 1.165) is 12.0 Å². The second-order valence-electron chi connectivity index (χ2n) is 5.70. The van der Waals surface area contributed by atoms with Gasteiger partial charge in [-0.1, -0.05) is 49.4 Å². The van der Waals surface area contributed by atoms with Crippen LogP contribution in [-0.2, 0) is 0 Å². The number of hydrogen-bond donors (Lipinski definition) is 2. The van der Waals surface area contributed by atoms with Crippen LogP contribution in [0.2, 0.25) is 0 Å². The number of phenols is 2. The fraction of sp³-hybridized carbons (Fsp3) is 0.250. The van der Waals surface area contributed by atoms with Crippen LogP contribution in [0.4, 0.5) is 0 Å². The molecule has 0 aromatic heterocycles. The van der Waals surface area contributed by atoms with E-state index in [9.17, 15) is 15.0 Å². The zero-order chi connectivity index (χ0) is 17.5. The van der Waals surface area contributed by atoms with Crippen LogP contribution in [0.25, 0.3) is 6.08 Å². The highest BCUT2D eigenvalue weighted by Gasteiger charge is 2.17. The van der Waals surface area contributed by atoms with Crippen LogP contribution < -0.4 is 0 Å². The standard InChI is InChI=1S/C20H23NO3/c1-3-11-21(12-7-10-16-8-5-4-6-9-16)20(24)17-13-18(22)15(2)19(23)14-17/h4-10,13-14,22-23H,3,11-12H2,1-2H3/b10-7+. The topological polar surface area (TPSA) is 60.8 Å². The molecule has 2 N–H and O–H groups in total. The molecule has 4 nitrogen and oxygen atoms in total. The summed E-state index contributed by atoms with van der Waals surface area (Å²) in [5.74, 6) is -0.357. The molecule has 0 fully saturated rings. The van der Waals surface area contributed by atoms with Gasteiger partial charge in [-0.25, -0.2) is 0 Å². The van der Waals surface area contributed by atoms with E-state index in [-0.39, 0.29) is 23.0 Å². The molecule has 0 bridgehead atoms. The van der Waals surface area contributed by atoms with Gasteiger partial charge in [0.25, 0.3) is 5.91 Å². The Kier molecular flexibility index (Phi) is 6.01. The van der Waals surface area contributed by atoms with E-state index in [1.165, 1.54) is 12.1 Å². The van der Waals surface area contributed by atoms with Crippen molar-refractivity contribution in [3.05, 3.63) is 65.2 Å². The molecule has 2 aromatic carbocycles. The summed E-state index contributed by atoms with van der Waals surface area (Å²) in [5, 5.41) is 19.6. The molecule has 0 aliphatic rings. The van der Waals surface area contributed by atoms with Gasteiger partial charge in [-0.3, -0.25) is 4.79 Å². The third-order valence-corrected chi connectivity index (χ3v) is 3.82. The van der Waals surface area contributed by atoms with Gasteiger partial charge in [0.2, 0.25) is 0 Å². The molecule has 24 heavy (non-hydrogen) atoms. The average molecular weight is 325 g/mol. The van der Waals surface area contributed by atoms with Gasteiger partial charge in [0.15, 0.2) is 0 Å². The minimum Gasteiger partial charge on any atom is -0.508 e. The molecule has 0 atom stereocenters. The lowest BCUT2D eigenvalue weighted by Gasteiger charge is -2.21. The van der Waals surface area contributed by atoms with Gasteiger partial charge in [0.05, 0.1) is 0 Å². The first-order valence-electron chi connectivity index (χ1n) is 8.06. The van der Waals surface area contributed by atoms with Crippen molar-refractivity contribution < 1.29 is 15.0 Å². The highest BCUT2D eigenvalue weighted by atomic mass is 16.3. The zero-order valence-corrected chi connectivity index (χ0v) is 14.1. The van der Waals surface area contributed by atoms with Crippen molar-refractivity contribution in [2.45, 2.75) is 20.3 Å². The Bertz CT molecular complexity index is 700. The summed E-state index contributed by atoms with van der Waals surface area (Å²) in [5.41, 5.74) is 1.74. The summed E-state index contributed by atoms with van der Waals surface area (Å²) in [7, 11) is 0. The summed E-state index contributed by atoms with van der Waals surface area (Å²) in [4.78, 5) is 14.4. The highest BCUT2D eigenvalue weighted by molar-refractivity contribution is 5.95. The smallest absolute Gasteiger partial charge is 0.254 e. The number of benzene rings is 2. The molecule has 0 saturated carbocycles. The number of carbonyl (C=O) groups excluding carboxylic acids is 1. The zero-order valence-electron chi connectivity index (χ0n) is 14.1. The molecule has 0 spiro atoms. The van der Waals surface area contributed by atoms with Crippen molar-refractivity contribution >= 4 is 12.0 Å². The molecule has 1 amide bonds. The molecule has 126 valence electrons. The Morgan fingerprint density at radius 3 is 2.33 bits per heavy atom. The first-order valence-corrected chi connectivity index (χ1v) is 8.06. The molecule has 0 saturated heterocycles. The lowest BCUT2D eigenvalue weighted by atomic mass is 10.1. The SMILES string of the molecule is CCCN(C/C=C/c1ccccc1)C(=O)c1cc(O)c(C)c(O)c1. The molecule has 0 aliphatic heterocycles. The summed E-state index contributed by atoms with van der Waals surface area (Å²) in [6.45, 7) is 4.68.